The Morgan fingerprint density at radius 2 is 2.11 bits per heavy atom. The smallest absolute Gasteiger partial charge is 0.323 e. The summed E-state index contributed by atoms with van der Waals surface area (Å²) < 4.78 is 5.37. The second kappa shape index (κ2) is 8.63. The zero-order chi connectivity index (χ0) is 13.2. The van der Waals surface area contributed by atoms with Crippen LogP contribution < -0.4 is 11.1 Å². The topological polar surface area (TPSA) is 84.6 Å². The molecule has 0 saturated heterocycles. The number of rotatable bonds is 9. The molecule has 5 heteroatoms. The number of nitrogens with two attached hydrogens (primary N) is 1. The number of hydrogen-bond acceptors (Lipinski definition) is 4. The van der Waals surface area contributed by atoms with Crippen molar-refractivity contribution in [2.24, 2.45) is 5.73 Å². The molecule has 1 aromatic rings. The van der Waals surface area contributed by atoms with E-state index in [9.17, 15) is 4.79 Å². The Bertz CT molecular complexity index is 343. The molecule has 0 aromatic heterocycles. The Balaban J connectivity index is 2.20. The molecule has 0 heterocycles. The van der Waals surface area contributed by atoms with Crippen LogP contribution >= 0.6 is 0 Å². The lowest BCUT2D eigenvalue weighted by atomic mass is 10.2. The maximum absolute atomic E-state index is 10.9. The fourth-order valence-corrected chi connectivity index (χ4v) is 1.51. The van der Waals surface area contributed by atoms with Gasteiger partial charge in [-0.25, -0.2) is 0 Å². The molecule has 5 nitrogen and oxygen atoms in total. The van der Waals surface area contributed by atoms with Gasteiger partial charge in [0, 0.05) is 13.1 Å². The summed E-state index contributed by atoms with van der Waals surface area (Å²) in [5.41, 5.74) is 6.49. The Morgan fingerprint density at radius 1 is 1.39 bits per heavy atom. The number of ether oxygens (including phenoxy) is 1. The van der Waals surface area contributed by atoms with Crippen LogP contribution in [0.4, 0.5) is 0 Å². The molecule has 1 atom stereocenters. The van der Waals surface area contributed by atoms with Gasteiger partial charge in [-0.2, -0.15) is 0 Å². The van der Waals surface area contributed by atoms with Crippen LogP contribution in [-0.4, -0.2) is 43.4 Å². The molecule has 4 N–H and O–H groups in total. The van der Waals surface area contributed by atoms with Gasteiger partial charge < -0.3 is 20.9 Å². The number of hydrogen-bond donors (Lipinski definition) is 3. The molecule has 100 valence electrons. The van der Waals surface area contributed by atoms with Crippen LogP contribution in [0.3, 0.4) is 0 Å². The molecule has 1 rings (SSSR count). The van der Waals surface area contributed by atoms with E-state index in [0.717, 1.165) is 6.42 Å². The van der Waals surface area contributed by atoms with E-state index in [-0.39, 0.29) is 6.61 Å². The Hall–Kier alpha value is -1.43. The number of carbonyl (C=O) groups is 1. The van der Waals surface area contributed by atoms with Crippen molar-refractivity contribution in [1.82, 2.24) is 5.32 Å². The van der Waals surface area contributed by atoms with Gasteiger partial charge in [0.2, 0.25) is 0 Å². The minimum atomic E-state index is -0.914. The molecule has 1 unspecified atom stereocenters. The standard InChI is InChI=1S/C13H20N2O3/c14-7-8-15-12(13(16)17)10-18-9-6-11-4-2-1-3-5-11/h1-5,12,15H,6-10,14H2,(H,16,17). The maximum atomic E-state index is 10.9. The van der Waals surface area contributed by atoms with E-state index in [1.165, 1.54) is 5.56 Å². The predicted molar refractivity (Wildman–Crippen MR) is 69.4 cm³/mol. The summed E-state index contributed by atoms with van der Waals surface area (Å²) >= 11 is 0. The molecular formula is C13H20N2O3. The molecule has 0 radical (unpaired) electrons. The first-order valence-electron chi connectivity index (χ1n) is 6.02. The highest BCUT2D eigenvalue weighted by Crippen LogP contribution is 1.99. The summed E-state index contributed by atoms with van der Waals surface area (Å²) in [7, 11) is 0. The molecule has 1 aromatic carbocycles. The van der Waals surface area contributed by atoms with Crippen LogP contribution in [0.5, 0.6) is 0 Å². The summed E-state index contributed by atoms with van der Waals surface area (Å²) in [5.74, 6) is -0.914. The molecule has 0 spiro atoms. The van der Waals surface area contributed by atoms with Crippen molar-refractivity contribution < 1.29 is 14.6 Å². The average Bonchev–Trinajstić information content (AvgIpc) is 2.38. The van der Waals surface area contributed by atoms with E-state index in [1.54, 1.807) is 0 Å². The monoisotopic (exact) mass is 252 g/mol. The largest absolute Gasteiger partial charge is 0.480 e. The van der Waals surface area contributed by atoms with E-state index < -0.39 is 12.0 Å². The highest BCUT2D eigenvalue weighted by Gasteiger charge is 2.15. The maximum Gasteiger partial charge on any atom is 0.323 e. The summed E-state index contributed by atoms with van der Waals surface area (Å²) in [6.45, 7) is 1.55. The normalized spacial score (nSPS) is 12.3. The third-order valence-electron chi connectivity index (χ3n) is 2.50. The van der Waals surface area contributed by atoms with Crippen LogP contribution in [-0.2, 0) is 16.0 Å². The van der Waals surface area contributed by atoms with Gasteiger partial charge in [-0.15, -0.1) is 0 Å². The quantitative estimate of drug-likeness (QED) is 0.548. The predicted octanol–water partition coefficient (Wildman–Crippen LogP) is 0.247. The van der Waals surface area contributed by atoms with Gasteiger partial charge in [0.15, 0.2) is 0 Å². The van der Waals surface area contributed by atoms with E-state index in [1.807, 2.05) is 30.3 Å². The van der Waals surface area contributed by atoms with Gasteiger partial charge in [0.1, 0.15) is 6.04 Å². The fraction of sp³-hybridized carbons (Fsp3) is 0.462. The lowest BCUT2D eigenvalue weighted by Gasteiger charge is -2.14. The Labute approximate surface area is 107 Å². The number of carboxylic acid groups (broad SMARTS) is 1. The summed E-state index contributed by atoms with van der Waals surface area (Å²) in [6.07, 6.45) is 0.782. The summed E-state index contributed by atoms with van der Waals surface area (Å²) in [5, 5.41) is 11.8. The van der Waals surface area contributed by atoms with Crippen molar-refractivity contribution in [3.8, 4) is 0 Å². The van der Waals surface area contributed by atoms with Gasteiger partial charge in [-0.1, -0.05) is 30.3 Å². The molecule has 0 fully saturated rings. The van der Waals surface area contributed by atoms with Crippen LogP contribution in [0.25, 0.3) is 0 Å². The van der Waals surface area contributed by atoms with E-state index >= 15 is 0 Å². The minimum absolute atomic E-state index is 0.155. The Morgan fingerprint density at radius 3 is 2.72 bits per heavy atom. The van der Waals surface area contributed by atoms with Gasteiger partial charge in [-0.05, 0) is 12.0 Å². The van der Waals surface area contributed by atoms with E-state index in [2.05, 4.69) is 5.32 Å². The van der Waals surface area contributed by atoms with Crippen molar-refractivity contribution in [3.05, 3.63) is 35.9 Å². The molecule has 0 aliphatic carbocycles. The molecule has 0 amide bonds. The third kappa shape index (κ3) is 5.77. The van der Waals surface area contributed by atoms with E-state index in [4.69, 9.17) is 15.6 Å². The van der Waals surface area contributed by atoms with Crippen molar-refractivity contribution in [2.45, 2.75) is 12.5 Å². The van der Waals surface area contributed by atoms with E-state index in [0.29, 0.717) is 19.7 Å². The average molecular weight is 252 g/mol. The molecule has 0 bridgehead atoms. The highest BCUT2D eigenvalue weighted by atomic mass is 16.5. The van der Waals surface area contributed by atoms with Gasteiger partial charge in [0.25, 0.3) is 0 Å². The highest BCUT2D eigenvalue weighted by molar-refractivity contribution is 5.73. The molecule has 0 saturated carbocycles. The molecule has 0 aliphatic rings. The SMILES string of the molecule is NCCNC(COCCc1ccccc1)C(=O)O. The zero-order valence-corrected chi connectivity index (χ0v) is 10.3. The van der Waals surface area contributed by atoms with Crippen molar-refractivity contribution in [1.29, 1.82) is 0 Å². The first-order valence-corrected chi connectivity index (χ1v) is 6.02. The molecule has 0 aliphatic heterocycles. The number of nitrogens with one attached hydrogen (secondary N) is 1. The number of aliphatic carboxylic acids is 1. The second-order valence-corrected chi connectivity index (χ2v) is 3.94. The number of benzene rings is 1. The van der Waals surface area contributed by atoms with Crippen molar-refractivity contribution >= 4 is 5.97 Å². The summed E-state index contributed by atoms with van der Waals surface area (Å²) in [4.78, 5) is 10.9. The summed E-state index contributed by atoms with van der Waals surface area (Å²) in [6, 6.07) is 9.25. The van der Waals surface area contributed by atoms with Gasteiger partial charge >= 0.3 is 5.97 Å². The van der Waals surface area contributed by atoms with Gasteiger partial charge in [0.05, 0.1) is 13.2 Å². The minimum Gasteiger partial charge on any atom is -0.480 e. The van der Waals surface area contributed by atoms with Crippen molar-refractivity contribution in [3.63, 3.8) is 0 Å². The van der Waals surface area contributed by atoms with Crippen molar-refractivity contribution in [2.75, 3.05) is 26.3 Å². The first kappa shape index (κ1) is 14.6. The molecular weight excluding hydrogens is 232 g/mol. The van der Waals surface area contributed by atoms with Crippen LogP contribution in [0.2, 0.25) is 0 Å². The Kier molecular flexibility index (Phi) is 7.01. The van der Waals surface area contributed by atoms with Crippen LogP contribution in [0.1, 0.15) is 5.56 Å². The van der Waals surface area contributed by atoms with Crippen LogP contribution in [0, 0.1) is 0 Å². The first-order chi connectivity index (χ1) is 8.74. The number of carboxylic acids is 1. The third-order valence-corrected chi connectivity index (χ3v) is 2.50. The lowest BCUT2D eigenvalue weighted by molar-refractivity contribution is -0.141. The van der Waals surface area contributed by atoms with Crippen LogP contribution in [0.15, 0.2) is 30.3 Å². The zero-order valence-electron chi connectivity index (χ0n) is 10.3. The molecule has 18 heavy (non-hydrogen) atoms. The fourth-order valence-electron chi connectivity index (χ4n) is 1.51. The second-order valence-electron chi connectivity index (χ2n) is 3.94. The van der Waals surface area contributed by atoms with Gasteiger partial charge in [-0.3, -0.25) is 4.79 Å². The lowest BCUT2D eigenvalue weighted by Crippen LogP contribution is -2.42.